The van der Waals surface area contributed by atoms with Crippen LogP contribution in [0.4, 0.5) is 5.00 Å². The number of carbonyl (C=O) groups excluding carboxylic acids is 1. The highest BCUT2D eigenvalue weighted by molar-refractivity contribution is 7.99. The van der Waals surface area contributed by atoms with Crippen LogP contribution < -0.4 is 5.32 Å². The minimum absolute atomic E-state index is 0.129. The van der Waals surface area contributed by atoms with Gasteiger partial charge in [0.05, 0.1) is 11.3 Å². The molecule has 0 bridgehead atoms. The first kappa shape index (κ1) is 24.0. The summed E-state index contributed by atoms with van der Waals surface area (Å²) < 4.78 is 1.93. The van der Waals surface area contributed by atoms with Crippen molar-refractivity contribution < 1.29 is 4.79 Å². The molecule has 0 fully saturated rings. The number of anilines is 1. The van der Waals surface area contributed by atoms with Crippen LogP contribution in [0.2, 0.25) is 0 Å². The molecule has 3 heterocycles. The van der Waals surface area contributed by atoms with Gasteiger partial charge in [0.1, 0.15) is 11.1 Å². The van der Waals surface area contributed by atoms with Crippen LogP contribution in [0.25, 0.3) is 11.4 Å². The molecule has 3 aromatic heterocycles. The topological polar surface area (TPSA) is 83.6 Å². The standard InChI is InChI=1S/C24H29N5OS3/c1-6-16-9-14(12-31-16)21-27-28-23(29(21)5)32-13-20(30)26-22-18(11-25)17-8-7-15(24(2,3)4)10-19(17)33-22/h9,12,15H,6-8,10,13H2,1-5H3,(H,26,30). The molecule has 33 heavy (non-hydrogen) atoms. The molecule has 0 saturated heterocycles. The van der Waals surface area contributed by atoms with Crippen LogP contribution in [0.1, 0.15) is 55.0 Å². The van der Waals surface area contributed by atoms with Crippen molar-refractivity contribution in [3.63, 3.8) is 0 Å². The first-order valence-electron chi connectivity index (χ1n) is 11.2. The van der Waals surface area contributed by atoms with Gasteiger partial charge in [-0.1, -0.05) is 39.5 Å². The maximum absolute atomic E-state index is 12.7. The lowest BCUT2D eigenvalue weighted by Gasteiger charge is -2.33. The summed E-state index contributed by atoms with van der Waals surface area (Å²) in [5.41, 5.74) is 3.07. The number of nitrogens with one attached hydrogen (secondary N) is 1. The first-order chi connectivity index (χ1) is 15.7. The predicted molar refractivity (Wildman–Crippen MR) is 137 cm³/mol. The van der Waals surface area contributed by atoms with Crippen LogP contribution >= 0.6 is 34.4 Å². The van der Waals surface area contributed by atoms with E-state index in [9.17, 15) is 10.1 Å². The lowest BCUT2D eigenvalue weighted by atomic mass is 9.72. The Hall–Kier alpha value is -2.15. The zero-order valence-corrected chi connectivity index (χ0v) is 22.1. The second-order valence-electron chi connectivity index (χ2n) is 9.48. The van der Waals surface area contributed by atoms with Crippen molar-refractivity contribution in [1.29, 1.82) is 5.26 Å². The molecule has 174 valence electrons. The second-order valence-corrected chi connectivity index (χ2v) is 12.5. The van der Waals surface area contributed by atoms with Crippen LogP contribution in [-0.2, 0) is 31.1 Å². The molecule has 0 spiro atoms. The number of aromatic nitrogens is 3. The number of amides is 1. The highest BCUT2D eigenvalue weighted by Gasteiger charge is 2.32. The second kappa shape index (κ2) is 9.61. The molecule has 0 saturated carbocycles. The molecule has 1 aliphatic carbocycles. The highest BCUT2D eigenvalue weighted by Crippen LogP contribution is 2.44. The van der Waals surface area contributed by atoms with Gasteiger partial charge in [-0.25, -0.2) is 0 Å². The molecule has 4 rings (SSSR count). The van der Waals surface area contributed by atoms with Gasteiger partial charge in [0, 0.05) is 27.7 Å². The van der Waals surface area contributed by atoms with E-state index in [2.05, 4.69) is 60.7 Å². The van der Waals surface area contributed by atoms with Crippen LogP contribution in [0.5, 0.6) is 0 Å². The third-order valence-corrected chi connectivity index (χ3v) is 9.55. The fraction of sp³-hybridized carbons (Fsp3) is 0.500. The van der Waals surface area contributed by atoms with Crippen LogP contribution in [0.3, 0.4) is 0 Å². The van der Waals surface area contributed by atoms with Gasteiger partial charge in [0.25, 0.3) is 0 Å². The number of hydrogen-bond acceptors (Lipinski definition) is 7. The van der Waals surface area contributed by atoms with E-state index in [4.69, 9.17) is 0 Å². The summed E-state index contributed by atoms with van der Waals surface area (Å²) in [5, 5.41) is 24.8. The van der Waals surface area contributed by atoms with E-state index in [0.29, 0.717) is 21.6 Å². The van der Waals surface area contributed by atoms with Gasteiger partial charge in [0.2, 0.25) is 5.91 Å². The molecule has 6 nitrogen and oxygen atoms in total. The Bertz CT molecular complexity index is 1210. The number of fused-ring (bicyclic) bond motifs is 1. The van der Waals surface area contributed by atoms with Crippen molar-refractivity contribution in [2.45, 2.75) is 58.5 Å². The molecule has 0 radical (unpaired) electrons. The van der Waals surface area contributed by atoms with Gasteiger partial charge in [-0.15, -0.1) is 32.9 Å². The molecule has 1 N–H and O–H groups in total. The number of thiophene rings is 2. The van der Waals surface area contributed by atoms with Gasteiger partial charge in [-0.05, 0) is 48.6 Å². The molecular weight excluding hydrogens is 470 g/mol. The van der Waals surface area contributed by atoms with Crippen LogP contribution in [-0.4, -0.2) is 26.4 Å². The summed E-state index contributed by atoms with van der Waals surface area (Å²) in [6.45, 7) is 8.97. The van der Waals surface area contributed by atoms with Crippen molar-refractivity contribution in [2.24, 2.45) is 18.4 Å². The van der Waals surface area contributed by atoms with Gasteiger partial charge in [-0.3, -0.25) is 4.79 Å². The Morgan fingerprint density at radius 1 is 1.39 bits per heavy atom. The van der Waals surface area contributed by atoms with E-state index < -0.39 is 0 Å². The number of nitriles is 1. The summed E-state index contributed by atoms with van der Waals surface area (Å²) in [5.74, 6) is 1.49. The fourth-order valence-electron chi connectivity index (χ4n) is 4.20. The number of carbonyl (C=O) groups is 1. The SMILES string of the molecule is CCc1cc(-c2nnc(SCC(=O)Nc3sc4c(c3C#N)CCC(C(C)(C)C)C4)n2C)cs1. The monoisotopic (exact) mass is 499 g/mol. The third kappa shape index (κ3) is 5.03. The number of nitrogens with zero attached hydrogens (tertiary/aromatic N) is 4. The van der Waals surface area contributed by atoms with Crippen LogP contribution in [0, 0.1) is 22.7 Å². The van der Waals surface area contributed by atoms with Gasteiger partial charge < -0.3 is 9.88 Å². The minimum Gasteiger partial charge on any atom is -0.316 e. The van der Waals surface area contributed by atoms with Crippen molar-refractivity contribution in [3.05, 3.63) is 32.3 Å². The molecule has 0 aliphatic heterocycles. The molecule has 3 aromatic rings. The molecule has 0 aromatic carbocycles. The van der Waals surface area contributed by atoms with E-state index in [1.807, 2.05) is 11.6 Å². The summed E-state index contributed by atoms with van der Waals surface area (Å²) in [4.78, 5) is 15.3. The van der Waals surface area contributed by atoms with Crippen molar-refractivity contribution in [3.8, 4) is 17.5 Å². The summed E-state index contributed by atoms with van der Waals surface area (Å²) in [6, 6.07) is 4.48. The quantitative estimate of drug-likeness (QED) is 0.426. The van der Waals surface area contributed by atoms with E-state index in [1.165, 1.54) is 21.5 Å². The number of aryl methyl sites for hydroxylation is 1. The zero-order chi connectivity index (χ0) is 23.8. The van der Waals surface area contributed by atoms with Gasteiger partial charge in [0.15, 0.2) is 11.0 Å². The molecular formula is C24H29N5OS3. The maximum atomic E-state index is 12.7. The Labute approximate surface area is 207 Å². The van der Waals surface area contributed by atoms with Crippen molar-refractivity contribution in [1.82, 2.24) is 14.8 Å². The van der Waals surface area contributed by atoms with E-state index in [-0.39, 0.29) is 17.1 Å². The summed E-state index contributed by atoms with van der Waals surface area (Å²) in [6.07, 6.45) is 3.97. The van der Waals surface area contributed by atoms with Crippen molar-refractivity contribution in [2.75, 3.05) is 11.1 Å². The van der Waals surface area contributed by atoms with Crippen molar-refractivity contribution >= 4 is 45.3 Å². The Morgan fingerprint density at radius 2 is 2.18 bits per heavy atom. The normalized spacial score (nSPS) is 15.8. The lowest BCUT2D eigenvalue weighted by Crippen LogP contribution is -2.26. The smallest absolute Gasteiger partial charge is 0.235 e. The average molecular weight is 500 g/mol. The Balaban J connectivity index is 1.42. The minimum atomic E-state index is -0.129. The van der Waals surface area contributed by atoms with E-state index in [1.54, 1.807) is 22.7 Å². The highest BCUT2D eigenvalue weighted by atomic mass is 32.2. The maximum Gasteiger partial charge on any atom is 0.235 e. The fourth-order valence-corrected chi connectivity index (χ4v) is 7.02. The predicted octanol–water partition coefficient (Wildman–Crippen LogP) is 5.92. The third-order valence-electron chi connectivity index (χ3n) is 6.28. The van der Waals surface area contributed by atoms with Crippen LogP contribution in [0.15, 0.2) is 16.6 Å². The molecule has 9 heteroatoms. The van der Waals surface area contributed by atoms with Gasteiger partial charge in [-0.2, -0.15) is 5.26 Å². The lowest BCUT2D eigenvalue weighted by molar-refractivity contribution is -0.113. The van der Waals surface area contributed by atoms with E-state index in [0.717, 1.165) is 42.6 Å². The molecule has 1 unspecified atom stereocenters. The summed E-state index contributed by atoms with van der Waals surface area (Å²) in [7, 11) is 1.92. The molecule has 1 atom stereocenters. The first-order valence-corrected chi connectivity index (χ1v) is 13.8. The van der Waals surface area contributed by atoms with Gasteiger partial charge >= 0.3 is 0 Å². The number of thioether (sulfide) groups is 1. The Kier molecular flexibility index (Phi) is 6.99. The number of hydrogen-bond donors (Lipinski definition) is 1. The molecule has 1 aliphatic rings. The molecule has 1 amide bonds. The van der Waals surface area contributed by atoms with E-state index >= 15 is 0 Å². The average Bonchev–Trinajstić information content (AvgIpc) is 3.47. The number of rotatable bonds is 6. The Morgan fingerprint density at radius 3 is 2.85 bits per heavy atom. The largest absolute Gasteiger partial charge is 0.316 e. The zero-order valence-electron chi connectivity index (χ0n) is 19.7. The summed E-state index contributed by atoms with van der Waals surface area (Å²) >= 11 is 4.65.